The maximum atomic E-state index is 13.6. The summed E-state index contributed by atoms with van der Waals surface area (Å²) in [5.74, 6) is -1.33. The molecule has 0 aliphatic carbocycles. The minimum absolute atomic E-state index is 0.0472. The van der Waals surface area contributed by atoms with Crippen molar-refractivity contribution in [3.05, 3.63) is 71.0 Å². The van der Waals surface area contributed by atoms with Gasteiger partial charge in [0.15, 0.2) is 0 Å². The fourth-order valence-corrected chi connectivity index (χ4v) is 3.88. The third kappa shape index (κ3) is 5.65. The van der Waals surface area contributed by atoms with E-state index in [1.165, 1.54) is 18.2 Å². The molecule has 0 aliphatic heterocycles. The van der Waals surface area contributed by atoms with Gasteiger partial charge in [-0.3, -0.25) is 4.79 Å². The van der Waals surface area contributed by atoms with Crippen LogP contribution in [0.1, 0.15) is 35.3 Å². The lowest BCUT2D eigenvalue weighted by Gasteiger charge is -2.13. The Balaban J connectivity index is 2.11. The van der Waals surface area contributed by atoms with E-state index in [9.17, 15) is 17.6 Å². The number of carbonyl (C=O) groups excluding carboxylic acids is 1. The molecule has 0 atom stereocenters. The largest absolute Gasteiger partial charge is 0.348 e. The van der Waals surface area contributed by atoms with Gasteiger partial charge >= 0.3 is 0 Å². The minimum atomic E-state index is -3.48. The number of nitrogens with one attached hydrogen (secondary N) is 2. The molecule has 0 radical (unpaired) electrons. The minimum Gasteiger partial charge on any atom is -0.348 e. The molecule has 0 fully saturated rings. The van der Waals surface area contributed by atoms with Crippen LogP contribution in [0.4, 0.5) is 4.39 Å². The Morgan fingerprint density at radius 2 is 1.64 bits per heavy atom. The smallest absolute Gasteiger partial charge is 0.254 e. The molecule has 0 saturated heterocycles. The van der Waals surface area contributed by atoms with Crippen LogP contribution in [0.3, 0.4) is 0 Å². The highest BCUT2D eigenvalue weighted by atomic mass is 32.2. The Bertz CT molecular complexity index is 851. The summed E-state index contributed by atoms with van der Waals surface area (Å²) in [6.07, 6.45) is 0. The molecular weight excluding hydrogens is 343 g/mol. The molecule has 7 heteroatoms. The van der Waals surface area contributed by atoms with Gasteiger partial charge in [-0.25, -0.2) is 17.5 Å². The molecule has 0 aliphatic rings. The summed E-state index contributed by atoms with van der Waals surface area (Å²) >= 11 is 0. The van der Waals surface area contributed by atoms with Crippen molar-refractivity contribution in [2.24, 2.45) is 0 Å². The van der Waals surface area contributed by atoms with Crippen LogP contribution in [0.25, 0.3) is 0 Å². The van der Waals surface area contributed by atoms with Crippen molar-refractivity contribution < 1.29 is 17.6 Å². The molecule has 5 nitrogen and oxygen atoms in total. The van der Waals surface area contributed by atoms with E-state index in [0.29, 0.717) is 11.1 Å². The van der Waals surface area contributed by atoms with Crippen LogP contribution in [0.2, 0.25) is 0 Å². The molecule has 2 aromatic rings. The molecule has 2 rings (SSSR count). The summed E-state index contributed by atoms with van der Waals surface area (Å²) in [6.45, 7) is 3.61. The molecule has 0 saturated carbocycles. The standard InChI is InChI=1S/C18H21FN2O3S/c1-13(2)21-25(23,24)12-15-8-4-3-7-14(15)11-20-18(22)16-9-5-6-10-17(16)19/h3-10,13,21H,11-12H2,1-2H3,(H,20,22). The molecule has 0 unspecified atom stereocenters. The zero-order valence-corrected chi connectivity index (χ0v) is 14.9. The predicted molar refractivity (Wildman–Crippen MR) is 94.9 cm³/mol. The van der Waals surface area contributed by atoms with Crippen LogP contribution in [0, 0.1) is 5.82 Å². The highest BCUT2D eigenvalue weighted by molar-refractivity contribution is 7.88. The van der Waals surface area contributed by atoms with Crippen molar-refractivity contribution in [1.29, 1.82) is 0 Å². The molecular formula is C18H21FN2O3S. The summed E-state index contributed by atoms with van der Waals surface area (Å²) in [7, 11) is -3.48. The summed E-state index contributed by atoms with van der Waals surface area (Å²) in [5, 5.41) is 2.63. The van der Waals surface area contributed by atoms with Gasteiger partial charge in [0.2, 0.25) is 10.0 Å². The number of benzene rings is 2. The summed E-state index contributed by atoms with van der Waals surface area (Å²) in [5.41, 5.74) is 1.21. The Kier molecular flexibility index (Phi) is 6.27. The average Bonchev–Trinajstić information content (AvgIpc) is 2.52. The molecule has 2 aromatic carbocycles. The third-order valence-corrected chi connectivity index (χ3v) is 4.96. The van der Waals surface area contributed by atoms with Gasteiger partial charge in [-0.1, -0.05) is 36.4 Å². The lowest BCUT2D eigenvalue weighted by Crippen LogP contribution is -2.32. The van der Waals surface area contributed by atoms with Crippen molar-refractivity contribution >= 4 is 15.9 Å². The van der Waals surface area contributed by atoms with Crippen LogP contribution in [-0.4, -0.2) is 20.4 Å². The Labute approximate surface area is 147 Å². The van der Waals surface area contributed by atoms with Gasteiger partial charge in [-0.15, -0.1) is 0 Å². The zero-order chi connectivity index (χ0) is 18.4. The van der Waals surface area contributed by atoms with Crippen molar-refractivity contribution in [2.75, 3.05) is 0 Å². The predicted octanol–water partition coefficient (Wildman–Crippen LogP) is 2.58. The van der Waals surface area contributed by atoms with E-state index >= 15 is 0 Å². The van der Waals surface area contributed by atoms with Crippen molar-refractivity contribution in [3.63, 3.8) is 0 Å². The average molecular weight is 364 g/mol. The lowest BCUT2D eigenvalue weighted by atomic mass is 10.1. The van der Waals surface area contributed by atoms with E-state index in [1.807, 2.05) is 0 Å². The number of carbonyl (C=O) groups is 1. The molecule has 134 valence electrons. The van der Waals surface area contributed by atoms with E-state index in [2.05, 4.69) is 10.0 Å². The third-order valence-electron chi connectivity index (χ3n) is 3.44. The van der Waals surface area contributed by atoms with Gasteiger partial charge in [-0.2, -0.15) is 0 Å². The van der Waals surface area contributed by atoms with E-state index < -0.39 is 21.7 Å². The van der Waals surface area contributed by atoms with E-state index in [0.717, 1.165) is 0 Å². The number of amides is 1. The molecule has 25 heavy (non-hydrogen) atoms. The normalized spacial score (nSPS) is 11.5. The Morgan fingerprint density at radius 3 is 2.28 bits per heavy atom. The van der Waals surface area contributed by atoms with Crippen LogP contribution < -0.4 is 10.0 Å². The van der Waals surface area contributed by atoms with Crippen LogP contribution in [0.5, 0.6) is 0 Å². The first-order valence-electron chi connectivity index (χ1n) is 7.88. The Morgan fingerprint density at radius 1 is 1.04 bits per heavy atom. The summed E-state index contributed by atoms with van der Waals surface area (Å²) in [4.78, 5) is 12.1. The topological polar surface area (TPSA) is 75.3 Å². The van der Waals surface area contributed by atoms with Gasteiger partial charge in [-0.05, 0) is 37.1 Å². The first-order valence-corrected chi connectivity index (χ1v) is 9.53. The molecule has 0 bridgehead atoms. The van der Waals surface area contributed by atoms with E-state index in [1.54, 1.807) is 44.2 Å². The van der Waals surface area contributed by atoms with E-state index in [-0.39, 0.29) is 23.9 Å². The number of rotatable bonds is 7. The van der Waals surface area contributed by atoms with Crippen molar-refractivity contribution in [2.45, 2.75) is 32.2 Å². The summed E-state index contributed by atoms with van der Waals surface area (Å²) in [6, 6.07) is 12.4. The van der Waals surface area contributed by atoms with Gasteiger partial charge in [0.05, 0.1) is 11.3 Å². The number of hydrogen-bond donors (Lipinski definition) is 2. The second kappa shape index (κ2) is 8.22. The molecule has 0 aromatic heterocycles. The number of sulfonamides is 1. The van der Waals surface area contributed by atoms with Crippen LogP contribution >= 0.6 is 0 Å². The van der Waals surface area contributed by atoms with Crippen molar-refractivity contribution in [3.8, 4) is 0 Å². The number of hydrogen-bond acceptors (Lipinski definition) is 3. The summed E-state index contributed by atoms with van der Waals surface area (Å²) < 4.78 is 40.4. The highest BCUT2D eigenvalue weighted by Crippen LogP contribution is 2.13. The second-order valence-corrected chi connectivity index (χ2v) is 7.72. The van der Waals surface area contributed by atoms with Crippen LogP contribution in [-0.2, 0) is 22.3 Å². The lowest BCUT2D eigenvalue weighted by molar-refractivity contribution is 0.0947. The maximum Gasteiger partial charge on any atom is 0.254 e. The fraction of sp³-hybridized carbons (Fsp3) is 0.278. The maximum absolute atomic E-state index is 13.6. The quantitative estimate of drug-likeness (QED) is 0.793. The molecule has 0 heterocycles. The SMILES string of the molecule is CC(C)NS(=O)(=O)Cc1ccccc1CNC(=O)c1ccccc1F. The fourth-order valence-electron chi connectivity index (χ4n) is 2.39. The van der Waals surface area contributed by atoms with E-state index in [4.69, 9.17) is 0 Å². The second-order valence-electron chi connectivity index (χ2n) is 5.96. The number of halogens is 1. The highest BCUT2D eigenvalue weighted by Gasteiger charge is 2.16. The first-order chi connectivity index (χ1) is 11.8. The van der Waals surface area contributed by atoms with Crippen molar-refractivity contribution in [1.82, 2.24) is 10.0 Å². The van der Waals surface area contributed by atoms with Gasteiger partial charge < -0.3 is 5.32 Å². The first kappa shape index (κ1) is 19.1. The molecule has 2 N–H and O–H groups in total. The van der Waals surface area contributed by atoms with Gasteiger partial charge in [0.25, 0.3) is 5.91 Å². The zero-order valence-electron chi connectivity index (χ0n) is 14.1. The van der Waals surface area contributed by atoms with Crippen LogP contribution in [0.15, 0.2) is 48.5 Å². The molecule has 1 amide bonds. The Hall–Kier alpha value is -2.25. The molecule has 0 spiro atoms. The van der Waals surface area contributed by atoms with Gasteiger partial charge in [0.1, 0.15) is 5.82 Å². The monoisotopic (exact) mass is 364 g/mol. The van der Waals surface area contributed by atoms with Gasteiger partial charge in [0, 0.05) is 12.6 Å².